The summed E-state index contributed by atoms with van der Waals surface area (Å²) >= 11 is 1.60. The normalized spacial score (nSPS) is 16.5. The highest BCUT2D eigenvalue weighted by molar-refractivity contribution is 7.98. The Hall–Kier alpha value is -2.60. The largest absolute Gasteiger partial charge is 0.310 e. The number of hydrogen-bond acceptors (Lipinski definition) is 4. The van der Waals surface area contributed by atoms with Crippen molar-refractivity contribution in [3.63, 3.8) is 0 Å². The smallest absolute Gasteiger partial charge is 0.262 e. The van der Waals surface area contributed by atoms with Gasteiger partial charge >= 0.3 is 0 Å². The number of nitrogens with zero attached hydrogens (tertiary/aromatic N) is 2. The van der Waals surface area contributed by atoms with Crippen LogP contribution in [0.15, 0.2) is 48.5 Å². The van der Waals surface area contributed by atoms with E-state index in [0.717, 1.165) is 17.7 Å². The van der Waals surface area contributed by atoms with Gasteiger partial charge in [0.05, 0.1) is 11.1 Å². The summed E-state index contributed by atoms with van der Waals surface area (Å²) in [6.45, 7) is 0.580. The van der Waals surface area contributed by atoms with E-state index >= 15 is 0 Å². The minimum absolute atomic E-state index is 0.177. The maximum atomic E-state index is 13.4. The highest BCUT2D eigenvalue weighted by Crippen LogP contribution is 2.31. The Bertz CT molecular complexity index is 892. The molecule has 2 aliphatic heterocycles. The van der Waals surface area contributed by atoms with E-state index in [1.165, 1.54) is 4.90 Å². The zero-order chi connectivity index (χ0) is 19.0. The second-order valence-electron chi connectivity index (χ2n) is 6.69. The summed E-state index contributed by atoms with van der Waals surface area (Å²) in [5.41, 5.74) is 2.77. The van der Waals surface area contributed by atoms with Gasteiger partial charge in [0, 0.05) is 12.2 Å². The number of rotatable bonds is 5. The lowest BCUT2D eigenvalue weighted by atomic mass is 10.1. The highest BCUT2D eigenvalue weighted by Gasteiger charge is 2.44. The number of hydrogen-bond donors (Lipinski definition) is 0. The van der Waals surface area contributed by atoms with Crippen LogP contribution in [0, 0.1) is 0 Å². The molecule has 0 unspecified atom stereocenters. The number of para-hydroxylation sites is 1. The number of anilines is 1. The average Bonchev–Trinajstić information content (AvgIpc) is 3.23. The van der Waals surface area contributed by atoms with Crippen LogP contribution < -0.4 is 4.90 Å². The number of amides is 3. The van der Waals surface area contributed by atoms with E-state index in [1.54, 1.807) is 40.9 Å². The summed E-state index contributed by atoms with van der Waals surface area (Å²) in [6, 6.07) is 13.8. The molecule has 2 aliphatic rings. The van der Waals surface area contributed by atoms with Gasteiger partial charge in [-0.3, -0.25) is 19.3 Å². The molecule has 2 heterocycles. The van der Waals surface area contributed by atoms with Gasteiger partial charge in [-0.1, -0.05) is 30.3 Å². The molecule has 2 aromatic rings. The Kier molecular flexibility index (Phi) is 4.74. The molecule has 0 spiro atoms. The third kappa shape index (κ3) is 2.94. The van der Waals surface area contributed by atoms with E-state index in [4.69, 9.17) is 0 Å². The minimum atomic E-state index is -0.781. The van der Waals surface area contributed by atoms with Crippen molar-refractivity contribution in [3.8, 4) is 0 Å². The maximum absolute atomic E-state index is 13.4. The summed E-state index contributed by atoms with van der Waals surface area (Å²) < 4.78 is 0. The van der Waals surface area contributed by atoms with Crippen LogP contribution in [0.25, 0.3) is 0 Å². The Morgan fingerprint density at radius 3 is 2.33 bits per heavy atom. The van der Waals surface area contributed by atoms with Crippen molar-refractivity contribution in [2.75, 3.05) is 23.5 Å². The van der Waals surface area contributed by atoms with Crippen LogP contribution in [-0.2, 0) is 11.2 Å². The molecule has 0 aromatic heterocycles. The molecule has 1 atom stereocenters. The molecule has 5 nitrogen and oxygen atoms in total. The van der Waals surface area contributed by atoms with E-state index in [9.17, 15) is 14.4 Å². The summed E-state index contributed by atoms with van der Waals surface area (Å²) in [6.07, 6.45) is 3.19. The molecule has 0 saturated heterocycles. The maximum Gasteiger partial charge on any atom is 0.262 e. The Morgan fingerprint density at radius 1 is 1.04 bits per heavy atom. The first-order chi connectivity index (χ1) is 13.1. The molecular formula is C21H20N2O3S. The summed E-state index contributed by atoms with van der Waals surface area (Å²) in [4.78, 5) is 42.1. The lowest BCUT2D eigenvalue weighted by Gasteiger charge is -2.29. The first kappa shape index (κ1) is 17.8. The zero-order valence-corrected chi connectivity index (χ0v) is 15.9. The summed E-state index contributed by atoms with van der Waals surface area (Å²) in [5, 5.41) is 0. The van der Waals surface area contributed by atoms with Gasteiger partial charge in [0.1, 0.15) is 6.04 Å². The molecule has 27 heavy (non-hydrogen) atoms. The van der Waals surface area contributed by atoms with E-state index in [2.05, 4.69) is 0 Å². The van der Waals surface area contributed by atoms with E-state index in [-0.39, 0.29) is 17.7 Å². The molecular weight excluding hydrogens is 360 g/mol. The summed E-state index contributed by atoms with van der Waals surface area (Å²) in [5.74, 6) is -0.229. The fourth-order valence-corrected chi connectivity index (χ4v) is 4.29. The van der Waals surface area contributed by atoms with Crippen LogP contribution >= 0.6 is 11.8 Å². The van der Waals surface area contributed by atoms with E-state index in [1.807, 2.05) is 30.5 Å². The molecule has 0 N–H and O–H groups in total. The first-order valence-corrected chi connectivity index (χ1v) is 10.4. The number of imide groups is 1. The van der Waals surface area contributed by atoms with Crippen molar-refractivity contribution >= 4 is 35.2 Å². The predicted octanol–water partition coefficient (Wildman–Crippen LogP) is 2.99. The van der Waals surface area contributed by atoms with Crippen LogP contribution in [0.3, 0.4) is 0 Å². The molecule has 0 saturated carbocycles. The van der Waals surface area contributed by atoms with Gasteiger partial charge in [0.25, 0.3) is 11.8 Å². The van der Waals surface area contributed by atoms with Crippen LogP contribution in [0.2, 0.25) is 0 Å². The van der Waals surface area contributed by atoms with Crippen molar-refractivity contribution in [2.24, 2.45) is 0 Å². The van der Waals surface area contributed by atoms with Crippen molar-refractivity contribution in [1.82, 2.24) is 4.90 Å². The monoisotopic (exact) mass is 380 g/mol. The molecule has 0 radical (unpaired) electrons. The second kappa shape index (κ2) is 7.19. The zero-order valence-electron chi connectivity index (χ0n) is 15.1. The molecule has 6 heteroatoms. The second-order valence-corrected chi connectivity index (χ2v) is 7.68. The van der Waals surface area contributed by atoms with Gasteiger partial charge in [0.15, 0.2) is 0 Å². The molecule has 0 bridgehead atoms. The van der Waals surface area contributed by atoms with E-state index < -0.39 is 6.04 Å². The molecule has 0 aliphatic carbocycles. The van der Waals surface area contributed by atoms with Crippen LogP contribution in [0.1, 0.15) is 32.7 Å². The highest BCUT2D eigenvalue weighted by atomic mass is 32.2. The van der Waals surface area contributed by atoms with Gasteiger partial charge in [-0.25, -0.2) is 0 Å². The van der Waals surface area contributed by atoms with Crippen molar-refractivity contribution < 1.29 is 14.4 Å². The number of thioether (sulfide) groups is 1. The van der Waals surface area contributed by atoms with Crippen LogP contribution in [0.4, 0.5) is 5.69 Å². The average molecular weight is 380 g/mol. The molecule has 4 rings (SSSR count). The van der Waals surface area contributed by atoms with Gasteiger partial charge in [0.2, 0.25) is 5.91 Å². The number of carbonyl (C=O) groups excluding carboxylic acids is 3. The van der Waals surface area contributed by atoms with E-state index in [0.29, 0.717) is 29.8 Å². The minimum Gasteiger partial charge on any atom is -0.310 e. The van der Waals surface area contributed by atoms with Crippen LogP contribution in [0.5, 0.6) is 0 Å². The predicted molar refractivity (Wildman–Crippen MR) is 106 cm³/mol. The lowest BCUT2D eigenvalue weighted by Crippen LogP contribution is -2.51. The molecule has 138 valence electrons. The SMILES string of the molecule is CSCC[C@H](C(=O)N1CCc2ccccc21)N1C(=O)c2ccccc2C1=O. The van der Waals surface area contributed by atoms with Crippen LogP contribution in [-0.4, -0.2) is 47.2 Å². The first-order valence-electron chi connectivity index (χ1n) is 8.98. The number of benzene rings is 2. The van der Waals surface area contributed by atoms with Gasteiger partial charge in [-0.05, 0) is 48.6 Å². The Labute approximate surface area is 162 Å². The fraction of sp³-hybridized carbons (Fsp3) is 0.286. The third-order valence-electron chi connectivity index (χ3n) is 5.17. The van der Waals surface area contributed by atoms with Gasteiger partial charge in [-0.2, -0.15) is 11.8 Å². The number of carbonyl (C=O) groups is 3. The van der Waals surface area contributed by atoms with Crippen molar-refractivity contribution in [3.05, 3.63) is 65.2 Å². The number of fused-ring (bicyclic) bond motifs is 2. The quantitative estimate of drug-likeness (QED) is 0.749. The molecule has 0 fully saturated rings. The topological polar surface area (TPSA) is 57.7 Å². The Morgan fingerprint density at radius 2 is 1.67 bits per heavy atom. The van der Waals surface area contributed by atoms with Crippen molar-refractivity contribution in [2.45, 2.75) is 18.9 Å². The Balaban J connectivity index is 1.68. The molecule has 3 amide bonds. The van der Waals surface area contributed by atoms with Crippen molar-refractivity contribution in [1.29, 1.82) is 0 Å². The third-order valence-corrected chi connectivity index (χ3v) is 5.81. The van der Waals surface area contributed by atoms with Gasteiger partial charge in [-0.15, -0.1) is 0 Å². The standard InChI is InChI=1S/C21H20N2O3S/c1-27-13-11-18(21(26)22-12-10-14-6-2-5-9-17(14)22)23-19(24)15-7-3-4-8-16(15)20(23)25/h2-9,18H,10-13H2,1H3/t18-/m1/s1. The molecule has 2 aromatic carbocycles. The summed E-state index contributed by atoms with van der Waals surface area (Å²) in [7, 11) is 0. The lowest BCUT2D eigenvalue weighted by molar-refractivity contribution is -0.122. The van der Waals surface area contributed by atoms with Gasteiger partial charge < -0.3 is 4.90 Å². The fourth-order valence-electron chi connectivity index (χ4n) is 3.83.